The highest BCUT2D eigenvalue weighted by Crippen LogP contribution is 2.39. The van der Waals surface area contributed by atoms with Crippen molar-refractivity contribution in [3.05, 3.63) is 52.4 Å². The Hall–Kier alpha value is -2.52. The lowest BCUT2D eigenvalue weighted by Gasteiger charge is -2.41. The molecule has 7 nitrogen and oxygen atoms in total. The molecule has 1 heterocycles. The van der Waals surface area contributed by atoms with Crippen LogP contribution in [0, 0.1) is 11.3 Å². The first-order valence-electron chi connectivity index (χ1n) is 11.1. The predicted molar refractivity (Wildman–Crippen MR) is 133 cm³/mol. The molecule has 4 N–H and O–H groups in total. The van der Waals surface area contributed by atoms with Crippen LogP contribution in [0.2, 0.25) is 0 Å². The third-order valence-electron chi connectivity index (χ3n) is 6.33. The maximum atomic E-state index is 13.5. The number of hydrogen-bond acceptors (Lipinski definition) is 4. The van der Waals surface area contributed by atoms with E-state index >= 15 is 0 Å². The van der Waals surface area contributed by atoms with E-state index in [-0.39, 0.29) is 23.3 Å². The van der Waals surface area contributed by atoms with Gasteiger partial charge in [0.05, 0.1) is 9.09 Å². The summed E-state index contributed by atoms with van der Waals surface area (Å²) in [5, 5.41) is 3.19. The van der Waals surface area contributed by atoms with Crippen molar-refractivity contribution in [1.29, 1.82) is 0 Å². The lowest BCUT2D eigenvalue weighted by atomic mass is 9.71. The second-order valence-electron chi connectivity index (χ2n) is 9.54. The zero-order valence-corrected chi connectivity index (χ0v) is 21.0. The number of benzene rings is 1. The number of carbonyl (C=O) groups is 2. The zero-order valence-electron chi connectivity index (χ0n) is 19.3. The van der Waals surface area contributed by atoms with Crippen molar-refractivity contribution < 1.29 is 15.1 Å². The number of hydrogen-bond donors (Lipinski definition) is 3. The molecular weight excluding hydrogens is 454 g/mol. The van der Waals surface area contributed by atoms with Gasteiger partial charge in [0.1, 0.15) is 0 Å². The molecule has 1 fully saturated rings. The van der Waals surface area contributed by atoms with E-state index in [1.54, 1.807) is 12.1 Å². The number of thiophene rings is 1. The topological polar surface area (TPSA) is 114 Å². The monoisotopic (exact) mass is 486 g/mol. The van der Waals surface area contributed by atoms with Gasteiger partial charge in [0.15, 0.2) is 0 Å². The van der Waals surface area contributed by atoms with E-state index in [1.165, 1.54) is 11.3 Å². The molecule has 33 heavy (non-hydrogen) atoms. The maximum absolute atomic E-state index is 13.5. The zero-order chi connectivity index (χ0) is 24.2. The lowest BCUT2D eigenvalue weighted by molar-refractivity contribution is -0.207. The maximum Gasteiger partial charge on any atom is 0.288 e. The summed E-state index contributed by atoms with van der Waals surface area (Å²) in [6.07, 6.45) is 4.19. The normalized spacial score (nSPS) is 19.2. The highest BCUT2D eigenvalue weighted by atomic mass is 32.2. The van der Waals surface area contributed by atoms with Crippen LogP contribution >= 0.6 is 24.0 Å². The smallest absolute Gasteiger partial charge is 0.288 e. The first-order chi connectivity index (χ1) is 15.6. The summed E-state index contributed by atoms with van der Waals surface area (Å²) in [6.45, 7) is 7.36. The largest absolute Gasteiger partial charge is 0.363 e. The van der Waals surface area contributed by atoms with Gasteiger partial charge in [-0.15, -0.1) is 29.5 Å². The van der Waals surface area contributed by atoms with E-state index in [2.05, 4.69) is 43.5 Å². The van der Waals surface area contributed by atoms with Crippen LogP contribution in [0.4, 0.5) is 0 Å². The Bertz CT molecular complexity index is 1030. The second kappa shape index (κ2) is 10.6. The first-order valence-corrected chi connectivity index (χ1v) is 12.3. The van der Waals surface area contributed by atoms with E-state index < -0.39 is 5.91 Å². The number of nitrogens with two attached hydrogens (primary N) is 2. The highest BCUT2D eigenvalue weighted by Gasteiger charge is 2.34. The fourth-order valence-corrected chi connectivity index (χ4v) is 5.42. The summed E-state index contributed by atoms with van der Waals surface area (Å²) in [6, 6.07) is 10.9. The molecule has 9 heteroatoms. The fourth-order valence-electron chi connectivity index (χ4n) is 4.35. The molecular formula is C24H32N5O2S2+. The third-order valence-corrected chi connectivity index (χ3v) is 7.63. The fraction of sp³-hybridized carbons (Fsp3) is 0.458. The van der Waals surface area contributed by atoms with Crippen LogP contribution in [0.5, 0.6) is 0 Å². The molecule has 0 saturated heterocycles. The minimum atomic E-state index is -0.512. The Morgan fingerprint density at radius 1 is 1.12 bits per heavy atom. The number of rotatable bonds is 5. The summed E-state index contributed by atoms with van der Waals surface area (Å²) >= 11 is 5.78. The highest BCUT2D eigenvalue weighted by molar-refractivity contribution is 7.82. The van der Waals surface area contributed by atoms with Crippen LogP contribution in [-0.2, 0) is 6.54 Å². The molecule has 0 spiro atoms. The van der Waals surface area contributed by atoms with Gasteiger partial charge in [-0.2, -0.15) is 4.99 Å². The van der Waals surface area contributed by atoms with Gasteiger partial charge in [-0.1, -0.05) is 32.9 Å². The molecule has 0 radical (unpaired) electrons. The summed E-state index contributed by atoms with van der Waals surface area (Å²) in [4.78, 5) is 31.9. The number of carbonyl (C=O) groups excluding carboxylic acids is 2. The van der Waals surface area contributed by atoms with Gasteiger partial charge in [0, 0.05) is 23.3 Å². The van der Waals surface area contributed by atoms with E-state index in [9.17, 15) is 9.59 Å². The molecule has 176 valence electrons. The van der Waals surface area contributed by atoms with Gasteiger partial charge in [0.2, 0.25) is 0 Å². The molecule has 2 aromatic rings. The van der Waals surface area contributed by atoms with Crippen LogP contribution in [0.15, 0.2) is 50.7 Å². The van der Waals surface area contributed by atoms with Crippen molar-refractivity contribution >= 4 is 41.7 Å². The van der Waals surface area contributed by atoms with Gasteiger partial charge >= 0.3 is 0 Å². The van der Waals surface area contributed by atoms with E-state index in [0.717, 1.165) is 35.5 Å². The molecule has 0 aliphatic heterocycles. The second-order valence-corrected chi connectivity index (χ2v) is 11.4. The summed E-state index contributed by atoms with van der Waals surface area (Å²) in [7, 11) is 0. The summed E-state index contributed by atoms with van der Waals surface area (Å²) < 4.78 is 0.821. The van der Waals surface area contributed by atoms with Crippen molar-refractivity contribution in [1.82, 2.24) is 4.90 Å². The summed E-state index contributed by atoms with van der Waals surface area (Å²) in [5.74, 6) is -0.0931. The number of guanidine groups is 1. The van der Waals surface area contributed by atoms with E-state index in [4.69, 9.17) is 11.3 Å². The SMILES string of the molecule is CC(C)(C)C1CCC(N(Cc2ccc(C(=O)N=C(N)N=[NH2+])cc2)C(=O)c2ccc(S)s2)CC1. The molecule has 2 amide bonds. The Labute approximate surface area is 204 Å². The van der Waals surface area contributed by atoms with Gasteiger partial charge in [0.25, 0.3) is 17.8 Å². The van der Waals surface area contributed by atoms with Gasteiger partial charge in [-0.25, -0.2) is 0 Å². The average molecular weight is 487 g/mol. The van der Waals surface area contributed by atoms with Crippen LogP contribution in [0.1, 0.15) is 72.0 Å². The number of nitrogens with zero attached hydrogens (tertiary/aromatic N) is 3. The Kier molecular flexibility index (Phi) is 8.07. The molecule has 1 aromatic heterocycles. The first kappa shape index (κ1) is 25.1. The molecule has 0 atom stereocenters. The van der Waals surface area contributed by atoms with Crippen LogP contribution in [0.3, 0.4) is 0 Å². The average Bonchev–Trinajstić information content (AvgIpc) is 3.23. The Morgan fingerprint density at radius 2 is 1.76 bits per heavy atom. The van der Waals surface area contributed by atoms with Gasteiger partial charge in [-0.05, 0) is 66.8 Å². The standard InChI is InChI=1S/C24H31N5O2S2/c1-24(2,3)17-8-10-18(11-9-17)29(22(31)19-12-13-20(32)33-19)14-15-4-6-16(7-5-15)21(30)27-23(25)28-26/h4-7,12-13,17-18,26,32H,8-11,14H2,1-3H3,(H2,25,27,30)/p+1. The minimum Gasteiger partial charge on any atom is -0.363 e. The van der Waals surface area contributed by atoms with E-state index in [1.807, 2.05) is 29.2 Å². The Morgan fingerprint density at radius 3 is 2.27 bits per heavy atom. The number of thiol groups is 1. The van der Waals surface area contributed by atoms with Crippen molar-refractivity contribution in [3.8, 4) is 0 Å². The van der Waals surface area contributed by atoms with Crippen molar-refractivity contribution in [2.45, 2.75) is 63.3 Å². The van der Waals surface area contributed by atoms with Gasteiger partial charge < -0.3 is 10.6 Å². The Balaban J connectivity index is 1.79. The molecule has 1 aliphatic rings. The van der Waals surface area contributed by atoms with Crippen LogP contribution in [-0.4, -0.2) is 28.7 Å². The minimum absolute atomic E-state index is 0.0293. The molecule has 0 bridgehead atoms. The summed E-state index contributed by atoms with van der Waals surface area (Å²) in [5.41, 5.74) is 12.0. The van der Waals surface area contributed by atoms with Crippen LogP contribution in [0.25, 0.3) is 0 Å². The quantitative estimate of drug-likeness (QED) is 0.257. The lowest BCUT2D eigenvalue weighted by Crippen LogP contribution is -2.42. The molecule has 0 unspecified atom stereocenters. The van der Waals surface area contributed by atoms with Crippen molar-refractivity contribution in [2.75, 3.05) is 0 Å². The van der Waals surface area contributed by atoms with Crippen molar-refractivity contribution in [3.63, 3.8) is 0 Å². The van der Waals surface area contributed by atoms with Gasteiger partial charge in [-0.3, -0.25) is 9.59 Å². The molecule has 1 saturated carbocycles. The number of amides is 2. The molecule has 1 aliphatic carbocycles. The van der Waals surface area contributed by atoms with Crippen molar-refractivity contribution in [2.24, 2.45) is 27.2 Å². The molecule has 3 rings (SSSR count). The molecule has 1 aromatic carbocycles. The number of aliphatic imine (C=N–C) groups is 1. The third kappa shape index (κ3) is 6.51. The predicted octanol–water partition coefficient (Wildman–Crippen LogP) is 3.95. The van der Waals surface area contributed by atoms with E-state index in [0.29, 0.717) is 22.9 Å². The van der Waals surface area contributed by atoms with Crippen LogP contribution < -0.4 is 11.3 Å².